The molecule has 130 valence electrons. The molecule has 0 aliphatic carbocycles. The van der Waals surface area contributed by atoms with Crippen LogP contribution in [0.4, 0.5) is 14.5 Å². The predicted molar refractivity (Wildman–Crippen MR) is 87.4 cm³/mol. The van der Waals surface area contributed by atoms with E-state index in [1.54, 1.807) is 34.9 Å². The molecule has 0 unspecified atom stereocenters. The van der Waals surface area contributed by atoms with Crippen LogP contribution >= 0.6 is 0 Å². The van der Waals surface area contributed by atoms with Crippen molar-refractivity contribution in [2.45, 2.75) is 19.8 Å². The number of carbonyl (C=O) groups excluding carboxylic acids is 1. The fourth-order valence-electron chi connectivity index (χ4n) is 2.52. The van der Waals surface area contributed by atoms with Gasteiger partial charge in [-0.3, -0.25) is 4.79 Å². The Morgan fingerprint density at radius 3 is 2.68 bits per heavy atom. The number of nitrogens with zero attached hydrogens (tertiary/aromatic N) is 2. The van der Waals surface area contributed by atoms with Crippen molar-refractivity contribution in [3.63, 3.8) is 0 Å². The topological polar surface area (TPSA) is 76.4 Å². The van der Waals surface area contributed by atoms with Crippen molar-refractivity contribution in [2.75, 3.05) is 5.32 Å². The number of hydrogen-bond acceptors (Lipinski definition) is 4. The van der Waals surface area contributed by atoms with Gasteiger partial charge in [0, 0.05) is 0 Å². The Balaban J connectivity index is 1.82. The van der Waals surface area contributed by atoms with Gasteiger partial charge < -0.3 is 19.7 Å². The number of alkyl halides is 2. The summed E-state index contributed by atoms with van der Waals surface area (Å²) in [6.45, 7) is -3.44. The van der Waals surface area contributed by atoms with E-state index in [0.717, 1.165) is 0 Å². The monoisotopic (exact) mass is 347 g/mol. The lowest BCUT2D eigenvalue weighted by molar-refractivity contribution is -0.116. The normalized spacial score (nSPS) is 11.0. The third kappa shape index (κ3) is 3.74. The number of fused-ring (bicyclic) bond motifs is 1. The molecule has 0 saturated heterocycles. The number of aromatic nitrogens is 2. The Morgan fingerprint density at radius 2 is 1.92 bits per heavy atom. The average molecular weight is 347 g/mol. The van der Waals surface area contributed by atoms with E-state index in [9.17, 15) is 18.7 Å². The molecule has 0 atom stereocenters. The highest BCUT2D eigenvalue weighted by molar-refractivity contribution is 5.93. The molecule has 0 aliphatic rings. The first kappa shape index (κ1) is 16.8. The molecule has 1 heterocycles. The number of halogens is 2. The molecule has 0 spiro atoms. The third-order valence-electron chi connectivity index (χ3n) is 3.55. The maximum Gasteiger partial charge on any atom is 0.387 e. The van der Waals surface area contributed by atoms with E-state index in [-0.39, 0.29) is 24.6 Å². The smallest absolute Gasteiger partial charge is 0.387 e. The van der Waals surface area contributed by atoms with E-state index < -0.39 is 12.5 Å². The molecule has 1 aromatic heterocycles. The Morgan fingerprint density at radius 1 is 1.20 bits per heavy atom. The van der Waals surface area contributed by atoms with E-state index >= 15 is 0 Å². The lowest BCUT2D eigenvalue weighted by atomic mass is 10.3. The van der Waals surface area contributed by atoms with Gasteiger partial charge in [0.25, 0.3) is 0 Å². The number of imidazole rings is 1. The van der Waals surface area contributed by atoms with Gasteiger partial charge in [0.2, 0.25) is 5.91 Å². The number of aliphatic hydroxyl groups is 1. The fourth-order valence-corrected chi connectivity index (χ4v) is 2.52. The van der Waals surface area contributed by atoms with Gasteiger partial charge >= 0.3 is 6.61 Å². The fraction of sp³-hybridized carbons (Fsp3) is 0.176. The molecule has 25 heavy (non-hydrogen) atoms. The molecular weight excluding hydrogens is 332 g/mol. The maximum atomic E-state index is 12.4. The largest absolute Gasteiger partial charge is 0.433 e. The second-order valence-electron chi connectivity index (χ2n) is 5.18. The van der Waals surface area contributed by atoms with Crippen LogP contribution in [0.2, 0.25) is 0 Å². The number of amides is 1. The van der Waals surface area contributed by atoms with Gasteiger partial charge in [-0.15, -0.1) is 0 Å². The van der Waals surface area contributed by atoms with Gasteiger partial charge in [0.1, 0.15) is 24.7 Å². The van der Waals surface area contributed by atoms with Crippen LogP contribution in [0, 0.1) is 0 Å². The zero-order chi connectivity index (χ0) is 17.8. The number of hydrogen-bond donors (Lipinski definition) is 2. The summed E-state index contributed by atoms with van der Waals surface area (Å²) in [5.41, 5.74) is 1.49. The van der Waals surface area contributed by atoms with Crippen molar-refractivity contribution in [3.8, 4) is 5.75 Å². The summed E-state index contributed by atoms with van der Waals surface area (Å²) in [5, 5.41) is 12.0. The molecule has 3 aromatic rings. The minimum absolute atomic E-state index is 0.122. The first-order chi connectivity index (χ1) is 12.1. The van der Waals surface area contributed by atoms with Crippen LogP contribution in [-0.2, 0) is 17.9 Å². The molecule has 6 nitrogen and oxygen atoms in total. The van der Waals surface area contributed by atoms with Gasteiger partial charge in [-0.25, -0.2) is 4.98 Å². The van der Waals surface area contributed by atoms with Crippen molar-refractivity contribution < 1.29 is 23.4 Å². The first-order valence-electron chi connectivity index (χ1n) is 7.47. The number of rotatable bonds is 6. The van der Waals surface area contributed by atoms with Crippen molar-refractivity contribution in [1.82, 2.24) is 9.55 Å². The summed E-state index contributed by atoms with van der Waals surface area (Å²) in [4.78, 5) is 16.6. The lowest BCUT2D eigenvalue weighted by Gasteiger charge is -2.13. The Labute approximate surface area is 141 Å². The van der Waals surface area contributed by atoms with Crippen LogP contribution < -0.4 is 10.1 Å². The molecule has 0 bridgehead atoms. The molecule has 0 aliphatic heterocycles. The van der Waals surface area contributed by atoms with E-state index in [0.29, 0.717) is 16.9 Å². The Kier molecular flexibility index (Phi) is 4.90. The minimum Gasteiger partial charge on any atom is -0.433 e. The minimum atomic E-state index is -2.99. The third-order valence-corrected chi connectivity index (χ3v) is 3.55. The van der Waals surface area contributed by atoms with Gasteiger partial charge in [-0.2, -0.15) is 8.78 Å². The number of para-hydroxylation sites is 4. The zero-order valence-corrected chi connectivity index (χ0v) is 13.0. The molecule has 0 saturated carbocycles. The summed E-state index contributed by atoms with van der Waals surface area (Å²) < 4.78 is 30.8. The van der Waals surface area contributed by atoms with Crippen LogP contribution in [0.25, 0.3) is 11.0 Å². The Bertz CT molecular complexity index is 896. The molecule has 0 fully saturated rings. The zero-order valence-electron chi connectivity index (χ0n) is 13.0. The highest BCUT2D eigenvalue weighted by Gasteiger charge is 2.15. The Hall–Kier alpha value is -3.00. The molecule has 3 rings (SSSR count). The molecular formula is C17H15F2N3O3. The van der Waals surface area contributed by atoms with Gasteiger partial charge in [-0.05, 0) is 24.3 Å². The molecule has 2 aromatic carbocycles. The molecule has 2 N–H and O–H groups in total. The molecule has 8 heteroatoms. The maximum absolute atomic E-state index is 12.4. The summed E-state index contributed by atoms with van der Waals surface area (Å²) in [6, 6.07) is 13.1. The molecule has 1 amide bonds. The quantitative estimate of drug-likeness (QED) is 0.719. The highest BCUT2D eigenvalue weighted by atomic mass is 19.3. The predicted octanol–water partition coefficient (Wildman–Crippen LogP) is 2.77. The number of nitrogens with one attached hydrogen (secondary N) is 1. The molecule has 0 radical (unpaired) electrons. The number of ether oxygens (including phenoxy) is 1. The number of benzene rings is 2. The van der Waals surface area contributed by atoms with E-state index in [2.05, 4.69) is 15.0 Å². The standard InChI is InChI=1S/C17H15F2N3O3/c18-17(19)25-14-8-4-2-6-12(14)21-16(24)9-22-13-7-3-1-5-11(13)20-15(22)10-23/h1-8,17,23H,9-10H2,(H,21,24). The van der Waals surface area contributed by atoms with Gasteiger partial charge in [0.15, 0.2) is 0 Å². The second kappa shape index (κ2) is 7.27. The highest BCUT2D eigenvalue weighted by Crippen LogP contribution is 2.25. The van der Waals surface area contributed by atoms with Crippen LogP contribution in [-0.4, -0.2) is 27.2 Å². The van der Waals surface area contributed by atoms with E-state index in [1.807, 2.05) is 0 Å². The van der Waals surface area contributed by atoms with Crippen LogP contribution in [0.1, 0.15) is 5.82 Å². The van der Waals surface area contributed by atoms with E-state index in [1.165, 1.54) is 18.2 Å². The SMILES string of the molecule is O=C(Cn1c(CO)nc2ccccc21)Nc1ccccc1OC(F)F. The van der Waals surface area contributed by atoms with Gasteiger partial charge in [-0.1, -0.05) is 24.3 Å². The van der Waals surface area contributed by atoms with Crippen molar-refractivity contribution in [1.29, 1.82) is 0 Å². The van der Waals surface area contributed by atoms with Crippen LogP contribution in [0.15, 0.2) is 48.5 Å². The summed E-state index contributed by atoms with van der Waals surface area (Å²) in [5.74, 6) is -0.236. The van der Waals surface area contributed by atoms with Crippen molar-refractivity contribution >= 4 is 22.6 Å². The lowest BCUT2D eigenvalue weighted by Crippen LogP contribution is -2.21. The summed E-state index contributed by atoms with van der Waals surface area (Å²) >= 11 is 0. The van der Waals surface area contributed by atoms with Crippen molar-refractivity contribution in [2.24, 2.45) is 0 Å². The number of aliphatic hydroxyl groups excluding tert-OH is 1. The van der Waals surface area contributed by atoms with Crippen molar-refractivity contribution in [3.05, 3.63) is 54.4 Å². The first-order valence-corrected chi connectivity index (χ1v) is 7.47. The average Bonchev–Trinajstić information content (AvgIpc) is 2.94. The summed E-state index contributed by atoms with van der Waals surface area (Å²) in [6.07, 6.45) is 0. The van der Waals surface area contributed by atoms with Crippen LogP contribution in [0.3, 0.4) is 0 Å². The number of carbonyl (C=O) groups is 1. The van der Waals surface area contributed by atoms with Crippen LogP contribution in [0.5, 0.6) is 5.75 Å². The summed E-state index contributed by atoms with van der Waals surface area (Å²) in [7, 11) is 0. The van der Waals surface area contributed by atoms with Gasteiger partial charge in [0.05, 0.1) is 16.7 Å². The second-order valence-corrected chi connectivity index (χ2v) is 5.18. The number of anilines is 1. The van der Waals surface area contributed by atoms with E-state index in [4.69, 9.17) is 0 Å².